The summed E-state index contributed by atoms with van der Waals surface area (Å²) in [4.78, 5) is 11.3. The third kappa shape index (κ3) is 3.66. The number of carbonyl (C=O) groups is 1. The summed E-state index contributed by atoms with van der Waals surface area (Å²) in [6.45, 7) is 0. The van der Waals surface area contributed by atoms with Crippen LogP contribution in [0.2, 0.25) is 5.02 Å². The molecule has 0 fully saturated rings. The first-order valence-electron chi connectivity index (χ1n) is 6.95. The van der Waals surface area contributed by atoms with Crippen molar-refractivity contribution in [3.63, 3.8) is 0 Å². The van der Waals surface area contributed by atoms with Gasteiger partial charge in [0, 0.05) is 11.6 Å². The number of rotatable bonds is 5. The average molecular weight is 375 g/mol. The molecule has 134 valence electrons. The monoisotopic (exact) mass is 374 g/mol. The van der Waals surface area contributed by atoms with Crippen LogP contribution in [0.3, 0.4) is 0 Å². The van der Waals surface area contributed by atoms with Crippen molar-refractivity contribution in [2.75, 3.05) is 21.3 Å². The molecule has 25 heavy (non-hydrogen) atoms. The summed E-state index contributed by atoms with van der Waals surface area (Å²) in [5, 5.41) is 0.204. The molecule has 0 aliphatic rings. The highest BCUT2D eigenvalue weighted by atomic mass is 35.5. The van der Waals surface area contributed by atoms with Crippen LogP contribution in [-0.4, -0.2) is 33.3 Å². The Morgan fingerprint density at radius 2 is 1.52 bits per heavy atom. The Morgan fingerprint density at radius 1 is 0.960 bits per heavy atom. The number of halogens is 4. The molecule has 0 saturated carbocycles. The van der Waals surface area contributed by atoms with E-state index in [0.717, 1.165) is 12.1 Å². The number of benzene rings is 2. The highest BCUT2D eigenvalue weighted by Gasteiger charge is 2.39. The number of methoxy groups -OCH3 is 3. The Hall–Kier alpha value is -2.41. The number of carbonyl (C=O) groups excluding carboxylic acids is 1. The van der Waals surface area contributed by atoms with Gasteiger partial charge >= 0.3 is 6.18 Å². The molecule has 0 aliphatic carbocycles. The van der Waals surface area contributed by atoms with E-state index in [4.69, 9.17) is 25.8 Å². The second-order valence-corrected chi connectivity index (χ2v) is 5.29. The highest BCUT2D eigenvalue weighted by Crippen LogP contribution is 2.48. The van der Waals surface area contributed by atoms with Crippen LogP contribution in [0.25, 0.3) is 11.1 Å². The summed E-state index contributed by atoms with van der Waals surface area (Å²) >= 11 is 6.32. The Kier molecular flexibility index (Phi) is 5.47. The predicted molar refractivity (Wildman–Crippen MR) is 86.9 cm³/mol. The third-order valence-corrected chi connectivity index (χ3v) is 3.86. The maximum absolute atomic E-state index is 12.5. The Morgan fingerprint density at radius 3 is 1.96 bits per heavy atom. The minimum Gasteiger partial charge on any atom is -0.495 e. The first kappa shape index (κ1) is 18.9. The summed E-state index contributed by atoms with van der Waals surface area (Å²) in [6.07, 6.45) is -4.93. The number of alkyl halides is 3. The van der Waals surface area contributed by atoms with Crippen molar-refractivity contribution in [2.24, 2.45) is 0 Å². The van der Waals surface area contributed by atoms with Crippen molar-refractivity contribution in [3.8, 4) is 28.4 Å². The Bertz CT molecular complexity index is 786. The second-order valence-electron chi connectivity index (χ2n) is 4.91. The standard InChI is InChI=1S/C17H14ClF3O4/c1-23-11-8-12(24-2)15(25-3)13(14(11)18)9-4-6-10(7-5-9)16(22)17(19,20)21/h4-8H,1-3H3. The van der Waals surface area contributed by atoms with Gasteiger partial charge in [-0.1, -0.05) is 35.9 Å². The lowest BCUT2D eigenvalue weighted by molar-refractivity contribution is -0.0885. The average Bonchev–Trinajstić information content (AvgIpc) is 2.59. The fourth-order valence-electron chi connectivity index (χ4n) is 2.31. The van der Waals surface area contributed by atoms with Crippen molar-refractivity contribution in [3.05, 3.63) is 40.9 Å². The third-order valence-electron chi connectivity index (χ3n) is 3.49. The van der Waals surface area contributed by atoms with Gasteiger partial charge in [0.2, 0.25) is 0 Å². The van der Waals surface area contributed by atoms with E-state index in [9.17, 15) is 18.0 Å². The lowest BCUT2D eigenvalue weighted by Crippen LogP contribution is -2.22. The quantitative estimate of drug-likeness (QED) is 0.707. The van der Waals surface area contributed by atoms with Gasteiger partial charge in [0.15, 0.2) is 11.5 Å². The maximum Gasteiger partial charge on any atom is 0.454 e. The van der Waals surface area contributed by atoms with Crippen LogP contribution in [0, 0.1) is 0 Å². The van der Waals surface area contributed by atoms with Gasteiger partial charge in [-0.15, -0.1) is 0 Å². The van der Waals surface area contributed by atoms with Gasteiger partial charge in [-0.05, 0) is 5.56 Å². The molecule has 0 atom stereocenters. The maximum atomic E-state index is 12.5. The van der Waals surface area contributed by atoms with E-state index in [1.165, 1.54) is 39.5 Å². The van der Waals surface area contributed by atoms with Gasteiger partial charge in [-0.25, -0.2) is 0 Å². The predicted octanol–water partition coefficient (Wildman–Crippen LogP) is 4.78. The minimum atomic E-state index is -4.93. The molecule has 0 spiro atoms. The normalized spacial score (nSPS) is 11.2. The minimum absolute atomic E-state index is 0.204. The summed E-state index contributed by atoms with van der Waals surface area (Å²) in [6, 6.07) is 6.38. The second kappa shape index (κ2) is 7.23. The molecule has 2 aromatic carbocycles. The molecule has 2 rings (SSSR count). The fourth-order valence-corrected chi connectivity index (χ4v) is 2.63. The lowest BCUT2D eigenvalue weighted by atomic mass is 10.0. The van der Waals surface area contributed by atoms with Crippen molar-refractivity contribution in [2.45, 2.75) is 6.18 Å². The Balaban J connectivity index is 2.60. The van der Waals surface area contributed by atoms with Gasteiger partial charge in [0.25, 0.3) is 5.78 Å². The molecule has 8 heteroatoms. The molecule has 4 nitrogen and oxygen atoms in total. The number of hydrogen-bond acceptors (Lipinski definition) is 4. The van der Waals surface area contributed by atoms with Crippen LogP contribution in [0.4, 0.5) is 13.2 Å². The number of Topliss-reactive ketones (excluding diaryl/α,β-unsaturated/α-hetero) is 1. The molecule has 0 amide bonds. The van der Waals surface area contributed by atoms with Crippen LogP contribution < -0.4 is 14.2 Å². The topological polar surface area (TPSA) is 44.8 Å². The molecule has 0 unspecified atom stereocenters. The van der Waals surface area contributed by atoms with Crippen LogP contribution in [0.5, 0.6) is 17.2 Å². The van der Waals surface area contributed by atoms with Crippen molar-refractivity contribution in [1.82, 2.24) is 0 Å². The van der Waals surface area contributed by atoms with Crippen molar-refractivity contribution >= 4 is 17.4 Å². The van der Waals surface area contributed by atoms with Gasteiger partial charge in [-0.2, -0.15) is 13.2 Å². The van der Waals surface area contributed by atoms with Gasteiger partial charge in [0.05, 0.1) is 31.9 Å². The number of hydrogen-bond donors (Lipinski definition) is 0. The van der Waals surface area contributed by atoms with Crippen LogP contribution in [-0.2, 0) is 0 Å². The largest absolute Gasteiger partial charge is 0.495 e. The Labute approximate surface area is 147 Å². The smallest absolute Gasteiger partial charge is 0.454 e. The van der Waals surface area contributed by atoms with Crippen LogP contribution >= 0.6 is 11.6 Å². The molecule has 0 aliphatic heterocycles. The molecule has 0 bridgehead atoms. The first-order valence-corrected chi connectivity index (χ1v) is 7.32. The summed E-state index contributed by atoms with van der Waals surface area (Å²) in [5.41, 5.74) is 0.352. The van der Waals surface area contributed by atoms with Crippen molar-refractivity contribution in [1.29, 1.82) is 0 Å². The molecule has 0 radical (unpaired) electrons. The van der Waals surface area contributed by atoms with E-state index in [1.54, 1.807) is 0 Å². The zero-order chi connectivity index (χ0) is 18.8. The van der Waals surface area contributed by atoms with E-state index in [1.807, 2.05) is 0 Å². The highest BCUT2D eigenvalue weighted by molar-refractivity contribution is 6.35. The molecular weight excluding hydrogens is 361 g/mol. The van der Waals surface area contributed by atoms with Gasteiger partial charge < -0.3 is 14.2 Å². The number of ether oxygens (including phenoxy) is 3. The van der Waals surface area contributed by atoms with Crippen LogP contribution in [0.15, 0.2) is 30.3 Å². The van der Waals surface area contributed by atoms with E-state index in [-0.39, 0.29) is 5.02 Å². The first-order chi connectivity index (χ1) is 11.7. The summed E-state index contributed by atoms with van der Waals surface area (Å²) in [7, 11) is 4.26. The zero-order valence-electron chi connectivity index (χ0n) is 13.5. The lowest BCUT2D eigenvalue weighted by Gasteiger charge is -2.17. The molecule has 0 heterocycles. The van der Waals surface area contributed by atoms with E-state index < -0.39 is 17.5 Å². The molecular formula is C17H14ClF3O4. The van der Waals surface area contributed by atoms with Crippen molar-refractivity contribution < 1.29 is 32.2 Å². The molecule has 0 aromatic heterocycles. The number of ketones is 1. The summed E-state index contributed by atoms with van der Waals surface area (Å²) in [5.74, 6) is -0.970. The van der Waals surface area contributed by atoms with Gasteiger partial charge in [-0.3, -0.25) is 4.79 Å². The summed E-state index contributed by atoms with van der Waals surface area (Å²) < 4.78 is 53.3. The zero-order valence-corrected chi connectivity index (χ0v) is 14.3. The van der Waals surface area contributed by atoms with E-state index >= 15 is 0 Å². The molecule has 0 saturated heterocycles. The van der Waals surface area contributed by atoms with E-state index in [0.29, 0.717) is 28.4 Å². The van der Waals surface area contributed by atoms with Gasteiger partial charge in [0.1, 0.15) is 5.75 Å². The van der Waals surface area contributed by atoms with E-state index in [2.05, 4.69) is 0 Å². The SMILES string of the molecule is COc1cc(OC)c(OC)c(-c2ccc(C(=O)C(F)(F)F)cc2)c1Cl. The fraction of sp³-hybridized carbons (Fsp3) is 0.235. The molecule has 2 aromatic rings. The molecule has 0 N–H and O–H groups in total. The van der Waals surface area contributed by atoms with Crippen LogP contribution in [0.1, 0.15) is 10.4 Å².